The summed E-state index contributed by atoms with van der Waals surface area (Å²) < 4.78 is 5.42. The third-order valence-corrected chi connectivity index (χ3v) is 13.9. The molecule has 2 aromatic heterocycles. The summed E-state index contributed by atoms with van der Waals surface area (Å²) >= 11 is 3.89. The molecule has 0 spiro atoms. The first-order valence-electron chi connectivity index (χ1n) is 18.5. The van der Waals surface area contributed by atoms with Crippen molar-refractivity contribution in [3.8, 4) is 33.4 Å². The number of hydrogen-bond donors (Lipinski definition) is 0. The first kappa shape index (κ1) is 30.2. The summed E-state index contributed by atoms with van der Waals surface area (Å²) in [6.07, 6.45) is 0. The van der Waals surface area contributed by atoms with E-state index >= 15 is 0 Å². The van der Waals surface area contributed by atoms with Gasteiger partial charge in [0.25, 0.3) is 0 Å². The van der Waals surface area contributed by atoms with Crippen LogP contribution in [0.3, 0.4) is 0 Å². The van der Waals surface area contributed by atoms with E-state index in [1.165, 1.54) is 117 Å². The SMILES string of the molecule is c1ccc(-c2c3ccccc3c(-c3ccc(-c4c5sc6ccccc6c5cc5c4sc4c6ccccc6ccc54)c4ccccc34)c3ccccc23)cc1. The van der Waals surface area contributed by atoms with Crippen molar-refractivity contribution in [2.24, 2.45) is 0 Å². The van der Waals surface area contributed by atoms with E-state index in [9.17, 15) is 0 Å². The molecule has 12 rings (SSSR count). The summed E-state index contributed by atoms with van der Waals surface area (Å²) in [5.74, 6) is 0. The predicted octanol–water partition coefficient (Wildman–Crippen LogP) is 16.0. The molecule has 2 heterocycles. The van der Waals surface area contributed by atoms with Gasteiger partial charge >= 0.3 is 0 Å². The maximum Gasteiger partial charge on any atom is 0.0448 e. The van der Waals surface area contributed by atoms with E-state index in [1.807, 2.05) is 22.7 Å². The number of fused-ring (bicyclic) bond motifs is 11. The quantitative estimate of drug-likeness (QED) is 0.160. The zero-order valence-corrected chi connectivity index (χ0v) is 30.8. The van der Waals surface area contributed by atoms with Crippen LogP contribution in [0.15, 0.2) is 182 Å². The third kappa shape index (κ3) is 4.24. The van der Waals surface area contributed by atoms with Crippen molar-refractivity contribution < 1.29 is 0 Å². The van der Waals surface area contributed by atoms with E-state index in [-0.39, 0.29) is 0 Å². The fourth-order valence-corrected chi connectivity index (χ4v) is 11.8. The van der Waals surface area contributed by atoms with Gasteiger partial charge in [0.15, 0.2) is 0 Å². The molecule has 0 saturated heterocycles. The smallest absolute Gasteiger partial charge is 0.0448 e. The van der Waals surface area contributed by atoms with Crippen LogP contribution >= 0.6 is 22.7 Å². The largest absolute Gasteiger partial charge is 0.134 e. The molecule has 0 nitrogen and oxygen atoms in total. The van der Waals surface area contributed by atoms with E-state index < -0.39 is 0 Å². The number of benzene rings is 10. The minimum Gasteiger partial charge on any atom is -0.134 e. The molecule has 0 saturated carbocycles. The Bertz CT molecular complexity index is 3430. The Hall–Kier alpha value is -6.32. The van der Waals surface area contributed by atoms with E-state index in [0.29, 0.717) is 0 Å². The molecule has 0 N–H and O–H groups in total. The van der Waals surface area contributed by atoms with Crippen molar-refractivity contribution in [2.45, 2.75) is 0 Å². The van der Waals surface area contributed by atoms with Crippen LogP contribution in [0, 0.1) is 0 Å². The molecule has 0 aliphatic heterocycles. The minimum atomic E-state index is 1.24. The number of hydrogen-bond acceptors (Lipinski definition) is 2. The molecule has 0 radical (unpaired) electrons. The van der Waals surface area contributed by atoms with Gasteiger partial charge in [-0.2, -0.15) is 0 Å². The van der Waals surface area contributed by atoms with Gasteiger partial charge in [0.1, 0.15) is 0 Å². The second-order valence-corrected chi connectivity index (χ2v) is 16.4. The lowest BCUT2D eigenvalue weighted by Gasteiger charge is -2.20. The van der Waals surface area contributed by atoms with Gasteiger partial charge in [-0.3, -0.25) is 0 Å². The summed E-state index contributed by atoms with van der Waals surface area (Å²) in [5.41, 5.74) is 7.74. The van der Waals surface area contributed by atoms with Crippen LogP contribution in [0.2, 0.25) is 0 Å². The molecular weight excluding hydrogens is 689 g/mol. The van der Waals surface area contributed by atoms with Gasteiger partial charge in [-0.1, -0.05) is 170 Å². The fraction of sp³-hybridized carbons (Fsp3) is 0. The molecule has 2 heteroatoms. The van der Waals surface area contributed by atoms with Crippen molar-refractivity contribution in [3.63, 3.8) is 0 Å². The summed E-state index contributed by atoms with van der Waals surface area (Å²) in [6, 6.07) is 67.7. The average Bonchev–Trinajstić information content (AvgIpc) is 3.80. The van der Waals surface area contributed by atoms with Gasteiger partial charge in [0.2, 0.25) is 0 Å². The van der Waals surface area contributed by atoms with Crippen molar-refractivity contribution in [3.05, 3.63) is 182 Å². The second-order valence-electron chi connectivity index (χ2n) is 14.3. The highest BCUT2D eigenvalue weighted by atomic mass is 32.1. The maximum atomic E-state index is 2.48. The number of rotatable bonds is 3. The third-order valence-electron chi connectivity index (χ3n) is 11.5. The summed E-state index contributed by atoms with van der Waals surface area (Å²) in [4.78, 5) is 0. The van der Waals surface area contributed by atoms with Gasteiger partial charge in [0.05, 0.1) is 0 Å². The Labute approximate surface area is 319 Å². The van der Waals surface area contributed by atoms with Crippen LogP contribution in [0.4, 0.5) is 0 Å². The molecule has 12 aromatic rings. The van der Waals surface area contributed by atoms with Crippen LogP contribution in [-0.4, -0.2) is 0 Å². The molecule has 250 valence electrons. The Morgan fingerprint density at radius 3 is 1.44 bits per heavy atom. The molecule has 0 atom stereocenters. The van der Waals surface area contributed by atoms with Crippen LogP contribution in [0.5, 0.6) is 0 Å². The van der Waals surface area contributed by atoms with E-state index in [1.54, 1.807) is 0 Å². The van der Waals surface area contributed by atoms with Gasteiger partial charge in [-0.25, -0.2) is 0 Å². The summed E-state index contributed by atoms with van der Waals surface area (Å²) in [7, 11) is 0. The van der Waals surface area contributed by atoms with Crippen molar-refractivity contribution in [2.75, 3.05) is 0 Å². The Morgan fingerprint density at radius 2 is 0.759 bits per heavy atom. The summed E-state index contributed by atoms with van der Waals surface area (Å²) in [6.45, 7) is 0. The molecule has 54 heavy (non-hydrogen) atoms. The normalized spacial score (nSPS) is 12.1. The van der Waals surface area contributed by atoms with Gasteiger partial charge < -0.3 is 0 Å². The van der Waals surface area contributed by atoms with Crippen LogP contribution < -0.4 is 0 Å². The maximum absolute atomic E-state index is 2.48. The first-order chi connectivity index (χ1) is 26.8. The molecule has 0 amide bonds. The monoisotopic (exact) mass is 718 g/mol. The van der Waals surface area contributed by atoms with Crippen molar-refractivity contribution in [1.82, 2.24) is 0 Å². The Morgan fingerprint density at radius 1 is 0.259 bits per heavy atom. The zero-order valence-electron chi connectivity index (χ0n) is 29.1. The molecule has 0 bridgehead atoms. The lowest BCUT2D eigenvalue weighted by Crippen LogP contribution is -1.92. The van der Waals surface area contributed by atoms with Crippen molar-refractivity contribution in [1.29, 1.82) is 0 Å². The standard InChI is InChI=1S/C52H30S2/c1-2-15-32(16-3-1)47-37-21-8-10-23-39(37)48(40-24-11-9-22-38(40)47)41-28-29-42(35-19-7-6-18-34(35)41)49-51-44(36-20-12-13-25-46(36)53-51)30-45-43-27-26-31-14-4-5-17-33(31)50(43)54-52(45)49/h1-30H. The first-order valence-corrected chi connectivity index (χ1v) is 20.1. The van der Waals surface area contributed by atoms with Crippen LogP contribution in [-0.2, 0) is 0 Å². The second kappa shape index (κ2) is 11.6. The molecular formula is C52H30S2. The highest BCUT2D eigenvalue weighted by molar-refractivity contribution is 7.29. The van der Waals surface area contributed by atoms with Gasteiger partial charge in [-0.15, -0.1) is 22.7 Å². The molecule has 0 aliphatic rings. The lowest BCUT2D eigenvalue weighted by molar-refractivity contribution is 1.66. The van der Waals surface area contributed by atoms with E-state index in [4.69, 9.17) is 0 Å². The van der Waals surface area contributed by atoms with Gasteiger partial charge in [-0.05, 0) is 83.0 Å². The van der Waals surface area contributed by atoms with Crippen LogP contribution in [0.1, 0.15) is 0 Å². The Balaban J connectivity index is 1.21. The minimum absolute atomic E-state index is 1.24. The number of thiophene rings is 2. The zero-order chi connectivity index (χ0) is 35.3. The topological polar surface area (TPSA) is 0 Å². The molecule has 0 unspecified atom stereocenters. The summed E-state index contributed by atoms with van der Waals surface area (Å²) in [5, 5.41) is 15.6. The highest BCUT2D eigenvalue weighted by Gasteiger charge is 2.23. The van der Waals surface area contributed by atoms with E-state index in [2.05, 4.69) is 182 Å². The lowest BCUT2D eigenvalue weighted by atomic mass is 9.83. The van der Waals surface area contributed by atoms with Gasteiger partial charge in [0, 0.05) is 45.9 Å². The molecule has 0 fully saturated rings. The fourth-order valence-electron chi connectivity index (χ4n) is 9.13. The highest BCUT2D eigenvalue weighted by Crippen LogP contribution is 2.52. The molecule has 10 aromatic carbocycles. The van der Waals surface area contributed by atoms with Crippen molar-refractivity contribution >= 4 is 106 Å². The van der Waals surface area contributed by atoms with Crippen LogP contribution in [0.25, 0.3) is 117 Å². The molecule has 0 aliphatic carbocycles. The Kier molecular flexibility index (Phi) is 6.48. The average molecular weight is 719 g/mol. The predicted molar refractivity (Wildman–Crippen MR) is 239 cm³/mol. The van der Waals surface area contributed by atoms with E-state index in [0.717, 1.165) is 0 Å².